The van der Waals surface area contributed by atoms with Gasteiger partial charge >= 0.3 is 99.1 Å². The standard InChI is InChI=1S/C16H13.8ClH.2Zr/c1-12-10-14-8-5-9-15(16(14)11-12)13-6-3-2-4-7-13;;;;;;;;;;/h2-11H,1H3;8*1H;;/q;;;;;;;;;2*+4/p-8. The summed E-state index contributed by atoms with van der Waals surface area (Å²) in [4.78, 5) is 0. The van der Waals surface area contributed by atoms with E-state index in [0.29, 0.717) is 0 Å². The first-order valence-electron chi connectivity index (χ1n) is 7.07. The number of rotatable bonds is 1. The zero-order valence-electron chi connectivity index (χ0n) is 13.3. The number of benzene rings is 2. The normalized spacial score (nSPS) is 12.9. The molecule has 0 fully saturated rings. The number of fused-ring (bicyclic) bond motifs is 1. The quantitative estimate of drug-likeness (QED) is 0.283. The van der Waals surface area contributed by atoms with Gasteiger partial charge in [-0.15, -0.1) is 0 Å². The Morgan fingerprint density at radius 3 is 1.65 bits per heavy atom. The predicted molar refractivity (Wildman–Crippen MR) is 116 cm³/mol. The average molecular weight is 671 g/mol. The van der Waals surface area contributed by atoms with Gasteiger partial charge in [-0.1, -0.05) is 60.2 Å². The van der Waals surface area contributed by atoms with Crippen LogP contribution in [-0.2, 0) is 31.0 Å². The van der Waals surface area contributed by atoms with Crippen LogP contribution in [0.5, 0.6) is 0 Å². The van der Waals surface area contributed by atoms with Crippen LogP contribution >= 0.6 is 68.1 Å². The van der Waals surface area contributed by atoms with Crippen LogP contribution in [0.3, 0.4) is 0 Å². The van der Waals surface area contributed by atoms with Gasteiger partial charge in [0.25, 0.3) is 0 Å². The second kappa shape index (κ2) is 12.2. The fourth-order valence-corrected chi connectivity index (χ4v) is 2.25. The summed E-state index contributed by atoms with van der Waals surface area (Å²) in [6.45, 7) is 2.15. The van der Waals surface area contributed by atoms with Gasteiger partial charge in [0.2, 0.25) is 0 Å². The van der Waals surface area contributed by atoms with Crippen LogP contribution < -0.4 is 0 Å². The molecule has 1 radical (unpaired) electrons. The third-order valence-corrected chi connectivity index (χ3v) is 2.98. The minimum atomic E-state index is -3.29. The molecule has 0 saturated carbocycles. The maximum absolute atomic E-state index is 5.04. The summed E-state index contributed by atoms with van der Waals surface area (Å²) in [7, 11) is 40.3. The number of allylic oxidation sites excluding steroid dienone is 1. The summed E-state index contributed by atoms with van der Waals surface area (Å²) in [5, 5.41) is 0. The van der Waals surface area contributed by atoms with Crippen LogP contribution in [0.25, 0.3) is 17.2 Å². The molecule has 0 nitrogen and oxygen atoms in total. The first kappa shape index (κ1) is 26.3. The topological polar surface area (TPSA) is 0 Å². The Kier molecular flexibility index (Phi) is 12.3. The molecule has 0 heterocycles. The van der Waals surface area contributed by atoms with Gasteiger partial charge in [-0.2, -0.15) is 0 Å². The van der Waals surface area contributed by atoms with Crippen molar-refractivity contribution < 1.29 is 31.0 Å². The third-order valence-electron chi connectivity index (χ3n) is 2.98. The third kappa shape index (κ3) is 12.7. The molecule has 0 aromatic heterocycles. The van der Waals surface area contributed by atoms with Gasteiger partial charge in [0.1, 0.15) is 0 Å². The molecular weight excluding hydrogens is 658 g/mol. The van der Waals surface area contributed by atoms with E-state index >= 15 is 0 Å². The molecule has 26 heavy (non-hydrogen) atoms. The van der Waals surface area contributed by atoms with Crippen LogP contribution in [0.4, 0.5) is 0 Å². The van der Waals surface area contributed by atoms with Crippen LogP contribution in [0.15, 0.2) is 54.1 Å². The van der Waals surface area contributed by atoms with E-state index in [1.165, 1.54) is 27.8 Å². The van der Waals surface area contributed by atoms with Gasteiger partial charge < -0.3 is 0 Å². The minimum absolute atomic E-state index is 1.29. The Hall–Kier alpha value is 2.27. The second-order valence-electron chi connectivity index (χ2n) is 5.06. The summed E-state index contributed by atoms with van der Waals surface area (Å²) in [6, 6.07) is 17.1. The number of hydrogen-bond acceptors (Lipinski definition) is 0. The SMILES string of the molecule is CC1=Cc2c(cccc2-c2ccccc2)[CH]1.[Cl][Zr]([Cl])([Cl])[Cl].[Cl][Zr]([Cl])([Cl])[Cl]. The molecule has 0 aliphatic heterocycles. The van der Waals surface area contributed by atoms with Crippen LogP contribution in [0.1, 0.15) is 18.1 Å². The predicted octanol–water partition coefficient (Wildman–Crippen LogP) is 9.83. The van der Waals surface area contributed by atoms with Crippen molar-refractivity contribution in [1.29, 1.82) is 0 Å². The summed E-state index contributed by atoms with van der Waals surface area (Å²) < 4.78 is 0. The molecule has 0 unspecified atom stereocenters. The van der Waals surface area contributed by atoms with E-state index in [2.05, 4.69) is 68.0 Å². The molecule has 0 amide bonds. The number of hydrogen-bond donors (Lipinski definition) is 0. The van der Waals surface area contributed by atoms with Crippen LogP contribution in [-0.4, -0.2) is 0 Å². The maximum atomic E-state index is 5.04. The van der Waals surface area contributed by atoms with Gasteiger partial charge in [0.15, 0.2) is 0 Å². The summed E-state index contributed by atoms with van der Waals surface area (Å²) in [5.41, 5.74) is 6.63. The summed E-state index contributed by atoms with van der Waals surface area (Å²) in [5.74, 6) is 0. The van der Waals surface area contributed by atoms with Crippen molar-refractivity contribution in [2.45, 2.75) is 6.92 Å². The van der Waals surface area contributed by atoms with E-state index in [9.17, 15) is 0 Å². The number of halogens is 8. The summed E-state index contributed by atoms with van der Waals surface area (Å²) in [6.07, 6.45) is 4.50. The fraction of sp³-hybridized carbons (Fsp3) is 0.0625. The molecule has 0 N–H and O–H groups in total. The molecule has 10 heteroatoms. The molecule has 0 atom stereocenters. The first-order chi connectivity index (χ1) is 11.8. The monoisotopic (exact) mass is 665 g/mol. The van der Waals surface area contributed by atoms with Crippen molar-refractivity contribution in [3.8, 4) is 11.1 Å². The molecule has 2 aromatic rings. The Bertz CT molecular complexity index is 712. The van der Waals surface area contributed by atoms with Crippen molar-refractivity contribution >= 4 is 74.2 Å². The van der Waals surface area contributed by atoms with Crippen molar-refractivity contribution in [2.24, 2.45) is 0 Å². The van der Waals surface area contributed by atoms with E-state index < -0.39 is 31.0 Å². The molecule has 1 aliphatic carbocycles. The van der Waals surface area contributed by atoms with E-state index in [1.54, 1.807) is 0 Å². The molecular formula is C16H13Cl8Zr2. The van der Waals surface area contributed by atoms with Crippen molar-refractivity contribution in [1.82, 2.24) is 0 Å². The van der Waals surface area contributed by atoms with E-state index in [0.717, 1.165) is 0 Å². The van der Waals surface area contributed by atoms with Gasteiger partial charge in [-0.25, -0.2) is 0 Å². The van der Waals surface area contributed by atoms with Crippen molar-refractivity contribution in [2.75, 3.05) is 0 Å². The van der Waals surface area contributed by atoms with Crippen LogP contribution in [0.2, 0.25) is 0 Å². The average Bonchev–Trinajstić information content (AvgIpc) is 2.84. The Morgan fingerprint density at radius 1 is 0.654 bits per heavy atom. The molecule has 141 valence electrons. The Balaban J connectivity index is 0.000000284. The fourth-order valence-electron chi connectivity index (χ4n) is 2.25. The Labute approximate surface area is 191 Å². The molecule has 3 rings (SSSR count). The van der Waals surface area contributed by atoms with E-state index in [1.807, 2.05) is 0 Å². The van der Waals surface area contributed by atoms with Gasteiger partial charge in [0.05, 0.1) is 0 Å². The molecule has 2 aromatic carbocycles. The summed E-state index contributed by atoms with van der Waals surface area (Å²) >= 11 is -6.58. The van der Waals surface area contributed by atoms with Crippen molar-refractivity contribution in [3.05, 3.63) is 71.7 Å². The van der Waals surface area contributed by atoms with Gasteiger partial charge in [-0.3, -0.25) is 0 Å². The zero-order chi connectivity index (χ0) is 20.0. The molecule has 0 spiro atoms. The Morgan fingerprint density at radius 2 is 1.15 bits per heavy atom. The zero-order valence-corrected chi connectivity index (χ0v) is 24.3. The molecule has 0 bridgehead atoms. The van der Waals surface area contributed by atoms with E-state index in [-0.39, 0.29) is 0 Å². The van der Waals surface area contributed by atoms with E-state index in [4.69, 9.17) is 68.1 Å². The molecule has 0 saturated heterocycles. The second-order valence-corrected chi connectivity index (χ2v) is 49.8. The van der Waals surface area contributed by atoms with Gasteiger partial charge in [0, 0.05) is 6.42 Å². The molecule has 1 aliphatic rings. The van der Waals surface area contributed by atoms with Crippen molar-refractivity contribution in [3.63, 3.8) is 0 Å². The van der Waals surface area contributed by atoms with Gasteiger partial charge in [-0.05, 0) is 29.2 Å². The first-order valence-corrected chi connectivity index (χ1v) is 32.4. The van der Waals surface area contributed by atoms with Crippen LogP contribution in [0, 0.1) is 6.42 Å².